The largest absolute Gasteiger partial charge is 0.381 e. The van der Waals surface area contributed by atoms with Gasteiger partial charge in [-0.25, -0.2) is 4.98 Å². The van der Waals surface area contributed by atoms with Crippen LogP contribution in [-0.4, -0.2) is 30.5 Å². The lowest BCUT2D eigenvalue weighted by Crippen LogP contribution is -2.44. The van der Waals surface area contributed by atoms with Crippen LogP contribution in [0.4, 0.5) is 0 Å². The molecule has 0 atom stereocenters. The van der Waals surface area contributed by atoms with E-state index in [9.17, 15) is 4.79 Å². The Morgan fingerprint density at radius 1 is 1.35 bits per heavy atom. The number of hydrogen-bond acceptors (Lipinski definition) is 5. The van der Waals surface area contributed by atoms with Gasteiger partial charge in [0.25, 0.3) is 0 Å². The van der Waals surface area contributed by atoms with Gasteiger partial charge in [0.2, 0.25) is 0 Å². The average molecular weight is 290 g/mol. The second-order valence-electron chi connectivity index (χ2n) is 5.27. The number of ether oxygens (including phenoxy) is 1. The van der Waals surface area contributed by atoms with Crippen molar-refractivity contribution < 1.29 is 9.53 Å². The number of rotatable bonds is 4. The lowest BCUT2D eigenvalue weighted by molar-refractivity contribution is -0.132. The van der Waals surface area contributed by atoms with E-state index >= 15 is 0 Å². The summed E-state index contributed by atoms with van der Waals surface area (Å²) >= 11 is 1.59. The van der Waals surface area contributed by atoms with E-state index in [1.807, 2.05) is 24.3 Å². The van der Waals surface area contributed by atoms with Crippen LogP contribution in [0.1, 0.15) is 17.8 Å². The van der Waals surface area contributed by atoms with E-state index in [0.717, 1.165) is 28.1 Å². The Balaban J connectivity index is 1.80. The van der Waals surface area contributed by atoms with E-state index < -0.39 is 5.41 Å². The number of fused-ring (bicyclic) bond motifs is 1. The number of carbonyl (C=O) groups excluding carboxylic acids is 1. The van der Waals surface area contributed by atoms with Gasteiger partial charge in [-0.3, -0.25) is 4.79 Å². The molecule has 5 heteroatoms. The second kappa shape index (κ2) is 5.60. The minimum atomic E-state index is -0.407. The summed E-state index contributed by atoms with van der Waals surface area (Å²) in [5.41, 5.74) is 6.43. The van der Waals surface area contributed by atoms with Crippen LogP contribution >= 0.6 is 11.3 Å². The molecule has 106 valence electrons. The Kier molecular flexibility index (Phi) is 3.83. The zero-order chi connectivity index (χ0) is 14.0. The van der Waals surface area contributed by atoms with Crippen LogP contribution in [-0.2, 0) is 16.0 Å². The van der Waals surface area contributed by atoms with E-state index in [1.165, 1.54) is 0 Å². The summed E-state index contributed by atoms with van der Waals surface area (Å²) in [5, 5.41) is 0.885. The molecule has 0 unspecified atom stereocenters. The Labute approximate surface area is 122 Å². The first-order chi connectivity index (χ1) is 9.73. The quantitative estimate of drug-likeness (QED) is 0.937. The van der Waals surface area contributed by atoms with Crippen molar-refractivity contribution in [2.45, 2.75) is 19.3 Å². The predicted molar refractivity (Wildman–Crippen MR) is 79.9 cm³/mol. The summed E-state index contributed by atoms with van der Waals surface area (Å²) in [6.45, 7) is 1.66. The number of nitrogens with two attached hydrogens (primary N) is 1. The molecule has 2 N–H and O–H groups in total. The van der Waals surface area contributed by atoms with Crippen LogP contribution in [0.15, 0.2) is 24.3 Å². The molecule has 3 rings (SSSR count). The van der Waals surface area contributed by atoms with Gasteiger partial charge in [0.15, 0.2) is 0 Å². The summed E-state index contributed by atoms with van der Waals surface area (Å²) in [6, 6.07) is 7.97. The van der Waals surface area contributed by atoms with Crippen LogP contribution < -0.4 is 5.73 Å². The molecule has 0 amide bonds. The van der Waals surface area contributed by atoms with Gasteiger partial charge in [-0.1, -0.05) is 12.1 Å². The fourth-order valence-corrected chi connectivity index (χ4v) is 3.65. The highest BCUT2D eigenvalue weighted by Gasteiger charge is 2.38. The monoisotopic (exact) mass is 290 g/mol. The molecule has 1 aromatic heterocycles. The van der Waals surface area contributed by atoms with Gasteiger partial charge in [0.1, 0.15) is 10.8 Å². The second-order valence-corrected chi connectivity index (χ2v) is 6.39. The first-order valence-corrected chi connectivity index (χ1v) is 7.71. The molecule has 0 bridgehead atoms. The maximum Gasteiger partial charge on any atom is 0.147 e. The van der Waals surface area contributed by atoms with Gasteiger partial charge < -0.3 is 10.5 Å². The van der Waals surface area contributed by atoms with Gasteiger partial charge in [-0.15, -0.1) is 11.3 Å². The van der Waals surface area contributed by atoms with Crippen molar-refractivity contribution in [1.29, 1.82) is 0 Å². The minimum Gasteiger partial charge on any atom is -0.381 e. The molecule has 1 saturated heterocycles. The zero-order valence-corrected chi connectivity index (χ0v) is 12.1. The Morgan fingerprint density at radius 2 is 2.10 bits per heavy atom. The van der Waals surface area contributed by atoms with Crippen molar-refractivity contribution >= 4 is 27.3 Å². The van der Waals surface area contributed by atoms with Crippen LogP contribution in [0.5, 0.6) is 0 Å². The Bertz CT molecular complexity index is 584. The molecule has 4 nitrogen and oxygen atoms in total. The fraction of sp³-hybridized carbons (Fsp3) is 0.467. The summed E-state index contributed by atoms with van der Waals surface area (Å²) in [4.78, 5) is 17.2. The summed E-state index contributed by atoms with van der Waals surface area (Å²) < 4.78 is 6.48. The number of carbonyl (C=O) groups is 1. The van der Waals surface area contributed by atoms with Crippen molar-refractivity contribution in [2.24, 2.45) is 11.1 Å². The number of ketones is 1. The molecule has 1 fully saturated rings. The van der Waals surface area contributed by atoms with Crippen molar-refractivity contribution in [3.63, 3.8) is 0 Å². The van der Waals surface area contributed by atoms with Crippen LogP contribution in [0.25, 0.3) is 10.2 Å². The molecule has 1 aromatic carbocycles. The molecular formula is C15H18N2O2S. The smallest absolute Gasteiger partial charge is 0.147 e. The van der Waals surface area contributed by atoms with Crippen molar-refractivity contribution in [1.82, 2.24) is 4.98 Å². The molecule has 20 heavy (non-hydrogen) atoms. The van der Waals surface area contributed by atoms with Gasteiger partial charge in [0, 0.05) is 25.2 Å². The number of benzene rings is 1. The standard InChI is InChI=1S/C15H18N2O2S/c16-10-15(5-7-19-8-6-15)13(18)9-14-17-11-3-1-2-4-12(11)20-14/h1-4H,5-10,16H2. The fourth-order valence-electron chi connectivity index (χ4n) is 2.68. The van der Waals surface area contributed by atoms with E-state index in [0.29, 0.717) is 26.2 Å². The maximum absolute atomic E-state index is 12.6. The summed E-state index contributed by atoms with van der Waals surface area (Å²) in [7, 11) is 0. The number of Topliss-reactive ketones (excluding diaryl/α,β-unsaturated/α-hetero) is 1. The third-order valence-corrected chi connectivity index (χ3v) is 5.12. The van der Waals surface area contributed by atoms with Gasteiger partial charge in [0.05, 0.1) is 16.6 Å². The third-order valence-electron chi connectivity index (χ3n) is 4.08. The Hall–Kier alpha value is -1.30. The SMILES string of the molecule is NCC1(C(=O)Cc2nc3ccccc3s2)CCOCC1. The number of para-hydroxylation sites is 1. The molecule has 2 aromatic rings. The minimum absolute atomic E-state index is 0.211. The van der Waals surface area contributed by atoms with E-state index in [2.05, 4.69) is 4.98 Å². The zero-order valence-electron chi connectivity index (χ0n) is 11.3. The Morgan fingerprint density at radius 3 is 2.80 bits per heavy atom. The topological polar surface area (TPSA) is 65.2 Å². The highest BCUT2D eigenvalue weighted by atomic mass is 32.1. The normalized spacial score (nSPS) is 18.2. The average Bonchev–Trinajstić information content (AvgIpc) is 2.90. The van der Waals surface area contributed by atoms with Crippen LogP contribution in [0, 0.1) is 5.41 Å². The first kappa shape index (κ1) is 13.7. The van der Waals surface area contributed by atoms with Crippen LogP contribution in [0.3, 0.4) is 0 Å². The van der Waals surface area contributed by atoms with Gasteiger partial charge >= 0.3 is 0 Å². The molecule has 2 heterocycles. The van der Waals surface area contributed by atoms with Gasteiger partial charge in [-0.05, 0) is 25.0 Å². The van der Waals surface area contributed by atoms with E-state index in [-0.39, 0.29) is 5.78 Å². The van der Waals surface area contributed by atoms with Crippen LogP contribution in [0.2, 0.25) is 0 Å². The van der Waals surface area contributed by atoms with Crippen molar-refractivity contribution in [2.75, 3.05) is 19.8 Å². The molecule has 1 aliphatic rings. The number of hydrogen-bond donors (Lipinski definition) is 1. The van der Waals surface area contributed by atoms with E-state index in [1.54, 1.807) is 11.3 Å². The van der Waals surface area contributed by atoms with Crippen molar-refractivity contribution in [3.05, 3.63) is 29.3 Å². The highest BCUT2D eigenvalue weighted by Crippen LogP contribution is 2.32. The van der Waals surface area contributed by atoms with E-state index in [4.69, 9.17) is 10.5 Å². The number of thiazole rings is 1. The van der Waals surface area contributed by atoms with Crippen molar-refractivity contribution in [3.8, 4) is 0 Å². The third kappa shape index (κ3) is 2.49. The molecule has 0 spiro atoms. The molecule has 0 radical (unpaired) electrons. The summed E-state index contributed by atoms with van der Waals surface area (Å²) in [5.74, 6) is 0.211. The summed E-state index contributed by atoms with van der Waals surface area (Å²) in [6.07, 6.45) is 1.84. The number of nitrogens with zero attached hydrogens (tertiary/aromatic N) is 1. The molecule has 0 aliphatic carbocycles. The predicted octanol–water partition coefficient (Wildman–Crippen LogP) is 2.16. The number of aromatic nitrogens is 1. The first-order valence-electron chi connectivity index (χ1n) is 6.89. The molecular weight excluding hydrogens is 272 g/mol. The lowest BCUT2D eigenvalue weighted by Gasteiger charge is -2.34. The maximum atomic E-state index is 12.6. The molecule has 0 saturated carbocycles. The van der Waals surface area contributed by atoms with Gasteiger partial charge in [-0.2, -0.15) is 0 Å². The lowest BCUT2D eigenvalue weighted by atomic mass is 9.75. The highest BCUT2D eigenvalue weighted by molar-refractivity contribution is 7.18. The molecule has 1 aliphatic heterocycles.